The van der Waals surface area contributed by atoms with E-state index in [9.17, 15) is 9.90 Å². The first-order valence-electron chi connectivity index (χ1n) is 10.2. The molecule has 3 rings (SSSR count). The summed E-state index contributed by atoms with van der Waals surface area (Å²) < 4.78 is 0. The lowest BCUT2D eigenvalue weighted by molar-refractivity contribution is 0.0696. The van der Waals surface area contributed by atoms with Crippen molar-refractivity contribution >= 4 is 22.4 Å². The summed E-state index contributed by atoms with van der Waals surface area (Å²) in [5, 5.41) is 15.1. The van der Waals surface area contributed by atoms with Gasteiger partial charge >= 0.3 is 5.97 Å². The van der Waals surface area contributed by atoms with Crippen LogP contribution in [0.2, 0.25) is 0 Å². The number of aromatic nitrogens is 1. The summed E-state index contributed by atoms with van der Waals surface area (Å²) in [6, 6.07) is 16.0. The molecule has 1 heterocycles. The van der Waals surface area contributed by atoms with Gasteiger partial charge in [-0.3, -0.25) is 9.88 Å². The summed E-state index contributed by atoms with van der Waals surface area (Å²) >= 11 is 0. The normalized spacial score (nSPS) is 12.2. The fraction of sp³-hybridized carbons (Fsp3) is 0.333. The monoisotopic (exact) mass is 391 g/mol. The topological polar surface area (TPSA) is 65.5 Å². The fourth-order valence-corrected chi connectivity index (χ4v) is 3.83. The zero-order valence-electron chi connectivity index (χ0n) is 17.1. The second-order valence-electron chi connectivity index (χ2n) is 7.25. The van der Waals surface area contributed by atoms with E-state index in [1.54, 1.807) is 12.1 Å². The van der Waals surface area contributed by atoms with E-state index in [-0.39, 0.29) is 0 Å². The van der Waals surface area contributed by atoms with Gasteiger partial charge in [-0.25, -0.2) is 4.79 Å². The lowest BCUT2D eigenvalue weighted by Crippen LogP contribution is -2.35. The molecule has 2 aromatic carbocycles. The molecular weight excluding hydrogens is 362 g/mol. The van der Waals surface area contributed by atoms with Gasteiger partial charge in [0.1, 0.15) is 0 Å². The van der Waals surface area contributed by atoms with Crippen LogP contribution in [0.1, 0.15) is 42.6 Å². The Balaban J connectivity index is 1.63. The first-order valence-corrected chi connectivity index (χ1v) is 10.2. The van der Waals surface area contributed by atoms with Crippen molar-refractivity contribution in [3.63, 3.8) is 0 Å². The Labute approximate surface area is 172 Å². The molecule has 0 radical (unpaired) electrons. The third kappa shape index (κ3) is 5.33. The predicted molar refractivity (Wildman–Crippen MR) is 118 cm³/mol. The smallest absolute Gasteiger partial charge is 0.335 e. The molecule has 0 saturated heterocycles. The molecule has 5 heteroatoms. The number of carboxylic acids is 1. The number of rotatable bonds is 10. The number of fused-ring (bicyclic) bond motifs is 1. The summed E-state index contributed by atoms with van der Waals surface area (Å²) in [5.41, 5.74) is 2.52. The second kappa shape index (κ2) is 10.0. The van der Waals surface area contributed by atoms with Crippen molar-refractivity contribution in [3.05, 3.63) is 72.1 Å². The van der Waals surface area contributed by atoms with Gasteiger partial charge in [0.25, 0.3) is 0 Å². The maximum atomic E-state index is 11.2. The largest absolute Gasteiger partial charge is 0.478 e. The molecule has 0 aliphatic carbocycles. The zero-order chi connectivity index (χ0) is 20.6. The number of carbonyl (C=O) groups is 1. The summed E-state index contributed by atoms with van der Waals surface area (Å²) in [6.07, 6.45) is 5.78. The van der Waals surface area contributed by atoms with E-state index in [1.807, 2.05) is 30.6 Å². The van der Waals surface area contributed by atoms with Gasteiger partial charge in [-0.15, -0.1) is 0 Å². The number of hydrogen-bond donors (Lipinski definition) is 2. The lowest BCUT2D eigenvalue weighted by atomic mass is 10.1. The van der Waals surface area contributed by atoms with Crippen LogP contribution >= 0.6 is 0 Å². The average molecular weight is 392 g/mol. The standard InChI is InChI=1S/C24H29N3O2/c1-3-21(27(4-2)17-18-7-5-8-19(15-18)24(28)29)11-14-26-23-10-6-9-20-16-25-13-12-22(20)23/h5-10,12-13,15-16,21,26H,3-4,11,14,17H2,1-2H3,(H,28,29). The van der Waals surface area contributed by atoms with E-state index in [2.05, 4.69) is 47.2 Å². The van der Waals surface area contributed by atoms with Gasteiger partial charge in [0, 0.05) is 48.0 Å². The van der Waals surface area contributed by atoms with Crippen LogP contribution in [0.5, 0.6) is 0 Å². The first-order chi connectivity index (χ1) is 14.1. The Hall–Kier alpha value is -2.92. The highest BCUT2D eigenvalue weighted by Crippen LogP contribution is 2.22. The maximum Gasteiger partial charge on any atom is 0.335 e. The molecular formula is C24H29N3O2. The van der Waals surface area contributed by atoms with Gasteiger partial charge in [0.05, 0.1) is 5.56 Å². The van der Waals surface area contributed by atoms with E-state index < -0.39 is 5.97 Å². The Bertz CT molecular complexity index is 952. The molecule has 5 nitrogen and oxygen atoms in total. The van der Waals surface area contributed by atoms with Crippen LogP contribution in [0.25, 0.3) is 10.8 Å². The molecule has 0 amide bonds. The summed E-state index contributed by atoms with van der Waals surface area (Å²) in [5.74, 6) is -0.878. The van der Waals surface area contributed by atoms with Crippen LogP contribution in [-0.2, 0) is 6.54 Å². The van der Waals surface area contributed by atoms with Gasteiger partial charge in [-0.2, -0.15) is 0 Å². The summed E-state index contributed by atoms with van der Waals surface area (Å²) in [4.78, 5) is 17.9. The molecule has 0 aliphatic heterocycles. The number of nitrogens with one attached hydrogen (secondary N) is 1. The van der Waals surface area contributed by atoms with Gasteiger partial charge < -0.3 is 10.4 Å². The van der Waals surface area contributed by atoms with E-state index in [1.165, 1.54) is 5.39 Å². The molecule has 29 heavy (non-hydrogen) atoms. The third-order valence-corrected chi connectivity index (χ3v) is 5.43. The predicted octanol–water partition coefficient (Wildman–Crippen LogP) is 5.04. The number of benzene rings is 2. The Kier molecular flexibility index (Phi) is 7.19. The van der Waals surface area contributed by atoms with Crippen molar-refractivity contribution in [1.82, 2.24) is 9.88 Å². The van der Waals surface area contributed by atoms with Crippen LogP contribution < -0.4 is 5.32 Å². The molecule has 0 saturated carbocycles. The van der Waals surface area contributed by atoms with E-state index in [0.29, 0.717) is 11.6 Å². The van der Waals surface area contributed by atoms with Crippen LogP contribution in [-0.4, -0.2) is 40.1 Å². The van der Waals surface area contributed by atoms with Crippen molar-refractivity contribution in [2.45, 2.75) is 39.3 Å². The molecule has 1 aromatic heterocycles. The van der Waals surface area contributed by atoms with Crippen LogP contribution in [0.4, 0.5) is 5.69 Å². The molecule has 0 fully saturated rings. The average Bonchev–Trinajstić information content (AvgIpc) is 2.75. The molecule has 0 spiro atoms. The van der Waals surface area contributed by atoms with E-state index in [0.717, 1.165) is 49.1 Å². The van der Waals surface area contributed by atoms with Crippen molar-refractivity contribution in [2.24, 2.45) is 0 Å². The van der Waals surface area contributed by atoms with Crippen LogP contribution in [0.3, 0.4) is 0 Å². The minimum Gasteiger partial charge on any atom is -0.478 e. The highest BCUT2D eigenvalue weighted by molar-refractivity contribution is 5.93. The quantitative estimate of drug-likeness (QED) is 0.507. The van der Waals surface area contributed by atoms with Crippen LogP contribution in [0, 0.1) is 0 Å². The molecule has 1 atom stereocenters. The van der Waals surface area contributed by atoms with Gasteiger partial charge in [-0.05, 0) is 49.2 Å². The van der Waals surface area contributed by atoms with Crippen molar-refractivity contribution in [1.29, 1.82) is 0 Å². The molecule has 0 bridgehead atoms. The zero-order valence-corrected chi connectivity index (χ0v) is 17.1. The number of carboxylic acid groups (broad SMARTS) is 1. The maximum absolute atomic E-state index is 11.2. The van der Waals surface area contributed by atoms with Crippen molar-refractivity contribution in [2.75, 3.05) is 18.4 Å². The number of hydrogen-bond acceptors (Lipinski definition) is 4. The Morgan fingerprint density at radius 2 is 2.00 bits per heavy atom. The lowest BCUT2D eigenvalue weighted by Gasteiger charge is -2.30. The Morgan fingerprint density at radius 1 is 1.17 bits per heavy atom. The molecule has 3 aromatic rings. The highest BCUT2D eigenvalue weighted by Gasteiger charge is 2.16. The van der Waals surface area contributed by atoms with Gasteiger partial charge in [0.2, 0.25) is 0 Å². The van der Waals surface area contributed by atoms with E-state index in [4.69, 9.17) is 0 Å². The Morgan fingerprint density at radius 3 is 2.76 bits per heavy atom. The van der Waals surface area contributed by atoms with Gasteiger partial charge in [-0.1, -0.05) is 38.1 Å². The van der Waals surface area contributed by atoms with Crippen molar-refractivity contribution in [3.8, 4) is 0 Å². The SMILES string of the molecule is CCC(CCNc1cccc2cnccc12)N(CC)Cc1cccc(C(=O)O)c1. The fourth-order valence-electron chi connectivity index (χ4n) is 3.83. The van der Waals surface area contributed by atoms with Gasteiger partial charge in [0.15, 0.2) is 0 Å². The summed E-state index contributed by atoms with van der Waals surface area (Å²) in [6.45, 7) is 6.94. The molecule has 2 N–H and O–H groups in total. The third-order valence-electron chi connectivity index (χ3n) is 5.43. The minimum absolute atomic E-state index is 0.346. The first kappa shape index (κ1) is 20.8. The summed E-state index contributed by atoms with van der Waals surface area (Å²) in [7, 11) is 0. The van der Waals surface area contributed by atoms with Crippen molar-refractivity contribution < 1.29 is 9.90 Å². The molecule has 152 valence electrons. The second-order valence-corrected chi connectivity index (χ2v) is 7.25. The molecule has 0 aliphatic rings. The number of aromatic carboxylic acids is 1. The minimum atomic E-state index is -0.878. The number of nitrogens with zero attached hydrogens (tertiary/aromatic N) is 2. The van der Waals surface area contributed by atoms with Crippen LogP contribution in [0.15, 0.2) is 60.9 Å². The molecule has 1 unspecified atom stereocenters. The highest BCUT2D eigenvalue weighted by atomic mass is 16.4. The number of anilines is 1. The number of pyridine rings is 1. The van der Waals surface area contributed by atoms with E-state index >= 15 is 0 Å².